The summed E-state index contributed by atoms with van der Waals surface area (Å²) in [4.78, 5) is 12.0. The lowest BCUT2D eigenvalue weighted by molar-refractivity contribution is 0.0942. The van der Waals surface area contributed by atoms with Crippen LogP contribution in [0.4, 0.5) is 5.82 Å². The van der Waals surface area contributed by atoms with Gasteiger partial charge in [-0.15, -0.1) is 10.2 Å². The van der Waals surface area contributed by atoms with Gasteiger partial charge in [0.05, 0.1) is 12.8 Å². The number of carbonyl (C=O) groups is 1. The monoisotopic (exact) mass is 356 g/mol. The lowest BCUT2D eigenvalue weighted by Gasteiger charge is -2.06. The summed E-state index contributed by atoms with van der Waals surface area (Å²) >= 11 is 5.86. The van der Waals surface area contributed by atoms with Crippen LogP contribution in [-0.2, 0) is 13.0 Å². The van der Waals surface area contributed by atoms with Crippen molar-refractivity contribution in [2.45, 2.75) is 13.0 Å². The average Bonchev–Trinajstić information content (AvgIpc) is 3.15. The van der Waals surface area contributed by atoms with Crippen LogP contribution in [0.2, 0.25) is 5.02 Å². The molecule has 0 bridgehead atoms. The number of carbonyl (C=O) groups excluding carboxylic acids is 1. The summed E-state index contributed by atoms with van der Waals surface area (Å²) in [5.41, 5.74) is 1.44. The molecule has 0 saturated carbocycles. The Labute approximate surface area is 150 Å². The molecule has 2 aromatic heterocycles. The number of amides is 1. The van der Waals surface area contributed by atoms with Gasteiger partial charge in [-0.2, -0.15) is 0 Å². The van der Waals surface area contributed by atoms with Crippen LogP contribution in [0.25, 0.3) is 0 Å². The van der Waals surface area contributed by atoms with E-state index < -0.39 is 0 Å². The molecule has 25 heavy (non-hydrogen) atoms. The van der Waals surface area contributed by atoms with Gasteiger partial charge < -0.3 is 15.1 Å². The lowest BCUT2D eigenvalue weighted by atomic mass is 10.1. The highest BCUT2D eigenvalue weighted by Gasteiger charge is 2.08. The second-order valence-corrected chi connectivity index (χ2v) is 5.81. The van der Waals surface area contributed by atoms with Crippen molar-refractivity contribution in [1.82, 2.24) is 15.5 Å². The SMILES string of the molecule is O=C(NCc1ccco1)c1ccc(NCCc2ccc(Cl)cc2)nn1. The molecule has 0 atom stereocenters. The summed E-state index contributed by atoms with van der Waals surface area (Å²) in [7, 11) is 0. The zero-order valence-corrected chi connectivity index (χ0v) is 14.2. The Morgan fingerprint density at radius 1 is 1.08 bits per heavy atom. The van der Waals surface area contributed by atoms with Gasteiger partial charge in [0, 0.05) is 11.6 Å². The summed E-state index contributed by atoms with van der Waals surface area (Å²) in [6, 6.07) is 14.6. The van der Waals surface area contributed by atoms with Gasteiger partial charge in [-0.3, -0.25) is 4.79 Å². The third kappa shape index (κ3) is 5.06. The molecule has 2 heterocycles. The largest absolute Gasteiger partial charge is 0.467 e. The first kappa shape index (κ1) is 17.0. The van der Waals surface area contributed by atoms with Crippen molar-refractivity contribution in [3.05, 3.63) is 76.8 Å². The molecule has 0 aliphatic rings. The molecule has 1 amide bonds. The van der Waals surface area contributed by atoms with Crippen molar-refractivity contribution in [3.8, 4) is 0 Å². The molecule has 128 valence electrons. The molecule has 0 aliphatic heterocycles. The van der Waals surface area contributed by atoms with Gasteiger partial charge >= 0.3 is 0 Å². The zero-order chi connectivity index (χ0) is 17.5. The minimum atomic E-state index is -0.295. The summed E-state index contributed by atoms with van der Waals surface area (Å²) in [6.07, 6.45) is 2.40. The van der Waals surface area contributed by atoms with E-state index in [1.807, 2.05) is 24.3 Å². The molecular weight excluding hydrogens is 340 g/mol. The molecule has 0 fully saturated rings. The molecule has 0 saturated heterocycles. The second-order valence-electron chi connectivity index (χ2n) is 5.37. The Morgan fingerprint density at radius 2 is 1.92 bits per heavy atom. The van der Waals surface area contributed by atoms with Crippen molar-refractivity contribution in [1.29, 1.82) is 0 Å². The van der Waals surface area contributed by atoms with E-state index in [4.69, 9.17) is 16.0 Å². The molecule has 0 radical (unpaired) electrons. The van der Waals surface area contributed by atoms with Gasteiger partial charge in [0.1, 0.15) is 11.6 Å². The highest BCUT2D eigenvalue weighted by molar-refractivity contribution is 6.30. The Hall–Kier alpha value is -2.86. The first-order chi connectivity index (χ1) is 12.2. The fourth-order valence-electron chi connectivity index (χ4n) is 2.20. The van der Waals surface area contributed by atoms with E-state index in [0.717, 1.165) is 11.4 Å². The van der Waals surface area contributed by atoms with Gasteiger partial charge in [0.25, 0.3) is 5.91 Å². The molecule has 0 spiro atoms. The van der Waals surface area contributed by atoms with Crippen molar-refractivity contribution < 1.29 is 9.21 Å². The standard InChI is InChI=1S/C18H17ClN4O2/c19-14-5-3-13(4-6-14)9-10-20-17-8-7-16(22-23-17)18(24)21-12-15-2-1-11-25-15/h1-8,11H,9-10,12H2,(H,20,23)(H,21,24). The van der Waals surface area contributed by atoms with E-state index >= 15 is 0 Å². The number of aromatic nitrogens is 2. The first-order valence-electron chi connectivity index (χ1n) is 7.83. The second kappa shape index (κ2) is 8.30. The van der Waals surface area contributed by atoms with Crippen LogP contribution < -0.4 is 10.6 Å². The molecule has 2 N–H and O–H groups in total. The van der Waals surface area contributed by atoms with E-state index in [9.17, 15) is 4.79 Å². The first-order valence-corrected chi connectivity index (χ1v) is 8.21. The van der Waals surface area contributed by atoms with Crippen LogP contribution in [0, 0.1) is 0 Å². The lowest BCUT2D eigenvalue weighted by Crippen LogP contribution is -2.24. The minimum Gasteiger partial charge on any atom is -0.467 e. The number of anilines is 1. The molecule has 0 aliphatic carbocycles. The number of nitrogens with zero attached hydrogens (tertiary/aromatic N) is 2. The molecule has 1 aromatic carbocycles. The highest BCUT2D eigenvalue weighted by Crippen LogP contribution is 2.10. The Morgan fingerprint density at radius 3 is 2.60 bits per heavy atom. The van der Waals surface area contributed by atoms with E-state index in [1.54, 1.807) is 30.5 Å². The van der Waals surface area contributed by atoms with Crippen LogP contribution in [-0.4, -0.2) is 22.6 Å². The molecule has 3 rings (SSSR count). The van der Waals surface area contributed by atoms with Crippen LogP contribution in [0.5, 0.6) is 0 Å². The third-order valence-electron chi connectivity index (χ3n) is 3.53. The van der Waals surface area contributed by atoms with Gasteiger partial charge in [0.15, 0.2) is 5.69 Å². The number of halogens is 1. The van der Waals surface area contributed by atoms with Crippen LogP contribution in [0.1, 0.15) is 21.8 Å². The number of furan rings is 1. The maximum Gasteiger partial charge on any atom is 0.272 e. The Bertz CT molecular complexity index is 802. The topological polar surface area (TPSA) is 80.0 Å². The van der Waals surface area contributed by atoms with E-state index in [2.05, 4.69) is 20.8 Å². The van der Waals surface area contributed by atoms with Gasteiger partial charge in [-0.1, -0.05) is 23.7 Å². The number of rotatable bonds is 7. The normalized spacial score (nSPS) is 10.4. The average molecular weight is 357 g/mol. The third-order valence-corrected chi connectivity index (χ3v) is 3.79. The summed E-state index contributed by atoms with van der Waals surface area (Å²) < 4.78 is 5.16. The molecule has 6 nitrogen and oxygen atoms in total. The van der Waals surface area contributed by atoms with Gasteiger partial charge in [0.2, 0.25) is 0 Å². The summed E-state index contributed by atoms with van der Waals surface area (Å²) in [5.74, 6) is 1.01. The molecular formula is C18H17ClN4O2. The number of benzene rings is 1. The zero-order valence-electron chi connectivity index (χ0n) is 13.4. The van der Waals surface area contributed by atoms with E-state index in [0.29, 0.717) is 24.7 Å². The van der Waals surface area contributed by atoms with Gasteiger partial charge in [-0.25, -0.2) is 0 Å². The molecule has 3 aromatic rings. The Balaban J connectivity index is 1.46. The fourth-order valence-corrected chi connectivity index (χ4v) is 2.33. The van der Waals surface area contributed by atoms with Crippen LogP contribution in [0.3, 0.4) is 0 Å². The van der Waals surface area contributed by atoms with Crippen molar-refractivity contribution >= 4 is 23.3 Å². The smallest absolute Gasteiger partial charge is 0.272 e. The summed E-state index contributed by atoms with van der Waals surface area (Å²) in [6.45, 7) is 1.02. The molecule has 7 heteroatoms. The number of nitrogens with one attached hydrogen (secondary N) is 2. The fraction of sp³-hybridized carbons (Fsp3) is 0.167. The predicted molar refractivity (Wildman–Crippen MR) is 95.6 cm³/mol. The van der Waals surface area contributed by atoms with Crippen LogP contribution in [0.15, 0.2) is 59.2 Å². The van der Waals surface area contributed by atoms with Crippen LogP contribution >= 0.6 is 11.6 Å². The summed E-state index contributed by atoms with van der Waals surface area (Å²) in [5, 5.41) is 14.6. The van der Waals surface area contributed by atoms with Crippen molar-refractivity contribution in [2.75, 3.05) is 11.9 Å². The molecule has 0 unspecified atom stereocenters. The van der Waals surface area contributed by atoms with Gasteiger partial charge in [-0.05, 0) is 48.4 Å². The van der Waals surface area contributed by atoms with Crippen molar-refractivity contribution in [3.63, 3.8) is 0 Å². The maximum atomic E-state index is 12.0. The number of hydrogen-bond acceptors (Lipinski definition) is 5. The number of hydrogen-bond donors (Lipinski definition) is 2. The Kier molecular flexibility index (Phi) is 5.64. The minimum absolute atomic E-state index is 0.259. The van der Waals surface area contributed by atoms with Crippen molar-refractivity contribution in [2.24, 2.45) is 0 Å². The quantitative estimate of drug-likeness (QED) is 0.679. The predicted octanol–water partition coefficient (Wildman–Crippen LogP) is 3.31. The highest BCUT2D eigenvalue weighted by atomic mass is 35.5. The maximum absolute atomic E-state index is 12.0. The van der Waals surface area contributed by atoms with E-state index in [-0.39, 0.29) is 11.6 Å². The van der Waals surface area contributed by atoms with E-state index in [1.165, 1.54) is 5.56 Å².